The van der Waals surface area contributed by atoms with Crippen LogP contribution >= 0.6 is 23.2 Å². The number of rotatable bonds is 4. The number of carbonyl (C=O) groups excluding carboxylic acids is 1. The zero-order chi connectivity index (χ0) is 23.8. The molecule has 6 nitrogen and oxygen atoms in total. The number of carbonyl (C=O) groups is 1. The predicted molar refractivity (Wildman–Crippen MR) is 123 cm³/mol. The maximum atomic E-state index is 16.3. The third-order valence-corrected chi connectivity index (χ3v) is 7.21. The fourth-order valence-corrected chi connectivity index (χ4v) is 4.43. The molecule has 2 N–H and O–H groups in total. The Morgan fingerprint density at radius 3 is 2.19 bits per heavy atom. The van der Waals surface area contributed by atoms with Crippen molar-refractivity contribution in [3.63, 3.8) is 0 Å². The quantitative estimate of drug-likeness (QED) is 0.573. The van der Waals surface area contributed by atoms with Gasteiger partial charge < -0.3 is 14.7 Å². The van der Waals surface area contributed by atoms with Gasteiger partial charge in [0.1, 0.15) is 17.0 Å². The second-order valence-electron chi connectivity index (χ2n) is 9.76. The van der Waals surface area contributed by atoms with E-state index in [4.69, 9.17) is 27.9 Å². The zero-order valence-corrected chi connectivity index (χ0v) is 21.1. The van der Waals surface area contributed by atoms with Crippen LogP contribution in [0.15, 0.2) is 12.1 Å². The predicted octanol–water partition coefficient (Wildman–Crippen LogP) is 5.53. The van der Waals surface area contributed by atoms with Crippen LogP contribution < -0.4 is 4.72 Å². The molecule has 1 aliphatic heterocycles. The summed E-state index contributed by atoms with van der Waals surface area (Å²) in [7, 11) is -1.63. The van der Waals surface area contributed by atoms with Crippen LogP contribution in [0.4, 0.5) is 9.18 Å². The van der Waals surface area contributed by atoms with Gasteiger partial charge in [-0.05, 0) is 47.6 Å². The van der Waals surface area contributed by atoms with E-state index in [0.29, 0.717) is 0 Å². The summed E-state index contributed by atoms with van der Waals surface area (Å²) in [5, 5.41) is 10.8. The van der Waals surface area contributed by atoms with Crippen molar-refractivity contribution in [3.05, 3.63) is 27.7 Å². The van der Waals surface area contributed by atoms with Gasteiger partial charge in [-0.25, -0.2) is 18.1 Å². The van der Waals surface area contributed by atoms with E-state index >= 15 is 4.39 Å². The molecule has 1 fully saturated rings. The van der Waals surface area contributed by atoms with Gasteiger partial charge in [0, 0.05) is 37.6 Å². The van der Waals surface area contributed by atoms with Crippen molar-refractivity contribution >= 4 is 40.3 Å². The molecule has 0 spiro atoms. The van der Waals surface area contributed by atoms with Crippen molar-refractivity contribution in [3.8, 4) is 5.75 Å². The number of nitrogens with one attached hydrogen (secondary N) is 1. The summed E-state index contributed by atoms with van der Waals surface area (Å²) in [6.07, 6.45) is -0.578. The molecule has 2 atom stereocenters. The normalized spacial score (nSPS) is 19.1. The van der Waals surface area contributed by atoms with Crippen LogP contribution in [0.1, 0.15) is 66.0 Å². The molecule has 1 aromatic carbocycles. The van der Waals surface area contributed by atoms with Crippen LogP contribution in [0.2, 0.25) is 10.0 Å². The molecule has 1 aliphatic rings. The fraction of sp³-hybridized carbons (Fsp3) is 0.667. The Morgan fingerprint density at radius 2 is 1.71 bits per heavy atom. The van der Waals surface area contributed by atoms with Gasteiger partial charge in [-0.1, -0.05) is 23.2 Å². The summed E-state index contributed by atoms with van der Waals surface area (Å²) in [5.74, 6) is -0.246. The number of phenols is 1. The Bertz CT molecular complexity index is 847. The number of aromatic hydroxyl groups is 1. The maximum absolute atomic E-state index is 16.3. The largest absolute Gasteiger partial charge is 0.508 e. The molecule has 1 aromatic rings. The van der Waals surface area contributed by atoms with E-state index < -0.39 is 39.1 Å². The van der Waals surface area contributed by atoms with Crippen molar-refractivity contribution < 1.29 is 23.2 Å². The highest BCUT2D eigenvalue weighted by Crippen LogP contribution is 2.44. The minimum atomic E-state index is -1.89. The zero-order valence-electron chi connectivity index (χ0n) is 18.7. The highest BCUT2D eigenvalue weighted by atomic mass is 35.5. The van der Waals surface area contributed by atoms with Gasteiger partial charge in [-0.2, -0.15) is 0 Å². The Morgan fingerprint density at radius 1 is 1.19 bits per heavy atom. The Labute approximate surface area is 196 Å². The van der Waals surface area contributed by atoms with Crippen molar-refractivity contribution in [2.24, 2.45) is 0 Å². The summed E-state index contributed by atoms with van der Waals surface area (Å²) < 4.78 is 36.7. The molecule has 2 unspecified atom stereocenters. The number of ether oxygens (including phenoxy) is 1. The number of halogens is 3. The van der Waals surface area contributed by atoms with Crippen LogP contribution in [-0.4, -0.2) is 49.4 Å². The fourth-order valence-electron chi connectivity index (χ4n) is 3.19. The number of phenolic OH excluding ortho intramolecular Hbond substituents is 1. The molecule has 0 bridgehead atoms. The summed E-state index contributed by atoms with van der Waals surface area (Å²) in [6.45, 7) is 10.8. The smallest absolute Gasteiger partial charge is 0.410 e. The van der Waals surface area contributed by atoms with E-state index in [1.165, 1.54) is 17.0 Å². The molecular weight excluding hydrogens is 466 g/mol. The molecule has 2 rings (SSSR count). The topological polar surface area (TPSA) is 78.9 Å². The maximum Gasteiger partial charge on any atom is 0.410 e. The van der Waals surface area contributed by atoms with E-state index in [0.717, 1.165) is 0 Å². The van der Waals surface area contributed by atoms with Crippen LogP contribution in [-0.2, 0) is 15.7 Å². The van der Waals surface area contributed by atoms with Gasteiger partial charge in [-0.3, -0.25) is 0 Å². The van der Waals surface area contributed by atoms with Crippen molar-refractivity contribution in [2.75, 3.05) is 13.1 Å². The first-order chi connectivity index (χ1) is 14.0. The highest BCUT2D eigenvalue weighted by Gasteiger charge is 2.46. The van der Waals surface area contributed by atoms with Crippen LogP contribution in [0.25, 0.3) is 0 Å². The van der Waals surface area contributed by atoms with E-state index in [1.807, 2.05) is 0 Å². The number of hydrogen-bond donors (Lipinski definition) is 2. The Balaban J connectivity index is 2.33. The summed E-state index contributed by atoms with van der Waals surface area (Å²) in [5.41, 5.74) is -2.38. The lowest BCUT2D eigenvalue weighted by Gasteiger charge is -2.42. The molecule has 0 saturated carbocycles. The van der Waals surface area contributed by atoms with E-state index in [2.05, 4.69) is 4.72 Å². The first-order valence-corrected chi connectivity index (χ1v) is 12.0. The molecular formula is C21H31Cl2FN2O4S. The van der Waals surface area contributed by atoms with Gasteiger partial charge >= 0.3 is 6.09 Å². The molecule has 1 heterocycles. The van der Waals surface area contributed by atoms with Gasteiger partial charge in [0.05, 0.1) is 31.8 Å². The number of amides is 1. The van der Waals surface area contributed by atoms with E-state index in [1.54, 1.807) is 41.5 Å². The molecule has 1 amide bonds. The Kier molecular flexibility index (Phi) is 7.95. The average Bonchev–Trinajstić information content (AvgIpc) is 2.61. The number of likely N-dealkylation sites (tertiary alicyclic amines) is 1. The summed E-state index contributed by atoms with van der Waals surface area (Å²) in [6, 6.07) is 1.51. The van der Waals surface area contributed by atoms with E-state index in [9.17, 15) is 14.1 Å². The Hall–Kier alpha value is -1.09. The summed E-state index contributed by atoms with van der Waals surface area (Å²) in [4.78, 5) is 13.8. The third kappa shape index (κ3) is 6.70. The number of piperidine rings is 1. The summed E-state index contributed by atoms with van der Waals surface area (Å²) >= 11 is 12.1. The molecule has 0 radical (unpaired) electrons. The first kappa shape index (κ1) is 26.2. The SMILES string of the molecule is CC(C)(C)OC(=O)N1CCC(F)(C(NS(=O)C(C)(C)C)c2cc(Cl)c(Cl)cc2O)CC1. The molecule has 1 saturated heterocycles. The number of nitrogens with zero attached hydrogens (tertiary/aromatic N) is 1. The standard InChI is InChI=1S/C21H31Cl2FN2O4S/c1-19(2,3)30-18(28)26-9-7-21(24,8-10-26)17(25-31(29)20(4,5)6)13-11-14(22)15(23)12-16(13)27/h11-12,17,25,27H,7-10H2,1-6H3. The van der Waals surface area contributed by atoms with Gasteiger partial charge in [0.15, 0.2) is 0 Å². The van der Waals surface area contributed by atoms with Crippen molar-refractivity contribution in [2.45, 2.75) is 76.4 Å². The lowest BCUT2D eigenvalue weighted by atomic mass is 9.82. The molecule has 0 aromatic heterocycles. The average molecular weight is 497 g/mol. The molecule has 31 heavy (non-hydrogen) atoms. The molecule has 176 valence electrons. The first-order valence-electron chi connectivity index (χ1n) is 10.1. The van der Waals surface area contributed by atoms with Gasteiger partial charge in [-0.15, -0.1) is 0 Å². The number of benzene rings is 1. The van der Waals surface area contributed by atoms with Gasteiger partial charge in [0.2, 0.25) is 0 Å². The van der Waals surface area contributed by atoms with Crippen molar-refractivity contribution in [1.82, 2.24) is 9.62 Å². The van der Waals surface area contributed by atoms with E-state index in [-0.39, 0.29) is 47.3 Å². The third-order valence-electron chi connectivity index (χ3n) is 4.93. The number of hydrogen-bond acceptors (Lipinski definition) is 4. The molecule has 10 heteroatoms. The minimum Gasteiger partial charge on any atom is -0.508 e. The lowest BCUT2D eigenvalue weighted by Crippen LogP contribution is -2.52. The van der Waals surface area contributed by atoms with Crippen molar-refractivity contribution in [1.29, 1.82) is 0 Å². The molecule has 0 aliphatic carbocycles. The number of alkyl halides is 1. The second kappa shape index (κ2) is 9.41. The second-order valence-corrected chi connectivity index (χ2v) is 12.6. The minimum absolute atomic E-state index is 0.0368. The monoisotopic (exact) mass is 496 g/mol. The highest BCUT2D eigenvalue weighted by molar-refractivity contribution is 7.84. The van der Waals surface area contributed by atoms with Crippen LogP contribution in [0.5, 0.6) is 5.75 Å². The van der Waals surface area contributed by atoms with Gasteiger partial charge in [0.25, 0.3) is 0 Å². The van der Waals surface area contributed by atoms with Crippen LogP contribution in [0.3, 0.4) is 0 Å². The van der Waals surface area contributed by atoms with Crippen LogP contribution in [0, 0.1) is 0 Å². The lowest BCUT2D eigenvalue weighted by molar-refractivity contribution is -0.00504.